The fraction of sp³-hybridized carbons (Fsp3) is 0. The summed E-state index contributed by atoms with van der Waals surface area (Å²) in [5, 5.41) is 2.58. The second-order valence-corrected chi connectivity index (χ2v) is 19.9. The molecule has 0 unspecified atom stereocenters. The largest absolute Gasteiger partial charge is 0.115 e. The van der Waals surface area contributed by atoms with Gasteiger partial charge in [0.15, 0.2) is 0 Å². The van der Waals surface area contributed by atoms with E-state index in [-0.39, 0.29) is 262 Å². The van der Waals surface area contributed by atoms with Crippen molar-refractivity contribution < 1.29 is 0 Å². The predicted molar refractivity (Wildman–Crippen MR) is 377 cm³/mol. The Kier molecular flexibility index (Phi) is 13.6. The molecule has 11 rings (SSSR count). The molecule has 30 heteroatoms. The molecule has 0 aliphatic rings. The van der Waals surface area contributed by atoms with E-state index in [1.165, 1.54) is 0 Å². The maximum atomic E-state index is 7.24. The van der Waals surface area contributed by atoms with Crippen LogP contribution in [0.1, 0.15) is 0 Å². The molecule has 80 heavy (non-hydrogen) atoms. The molecule has 0 heterocycles. The van der Waals surface area contributed by atoms with Crippen molar-refractivity contribution in [3.63, 3.8) is 0 Å². The molecule has 0 aliphatic heterocycles. The minimum Gasteiger partial charge on any atom is -0.109 e. The summed E-state index contributed by atoms with van der Waals surface area (Å²) in [4.78, 5) is 0. The molecule has 60 radical (unpaired) electrons. The van der Waals surface area contributed by atoms with Gasteiger partial charge in [-0.25, -0.2) is 0 Å². The first-order valence-electron chi connectivity index (χ1n) is 23.7. The summed E-state index contributed by atoms with van der Waals surface area (Å²) in [6, 6.07) is 0. The smallest absolute Gasteiger partial charge is 0.109 e. The molecule has 11 aromatic rings. The molecule has 0 aliphatic carbocycles. The van der Waals surface area contributed by atoms with Crippen molar-refractivity contribution in [1.82, 2.24) is 0 Å². The van der Waals surface area contributed by atoms with Crippen LogP contribution in [0.15, 0.2) is 0 Å². The van der Waals surface area contributed by atoms with Gasteiger partial charge in [-0.2, -0.15) is 0 Å². The van der Waals surface area contributed by atoms with Gasteiger partial charge in [-0.05, 0) is 109 Å². The molecule has 0 saturated carbocycles. The molecule has 0 atom stereocenters. The summed E-state index contributed by atoms with van der Waals surface area (Å²) in [6.45, 7) is 0. The van der Waals surface area contributed by atoms with Gasteiger partial charge in [0.2, 0.25) is 0 Å². The molecule has 0 amide bonds. The van der Waals surface area contributed by atoms with Gasteiger partial charge in [0.25, 0.3) is 0 Å². The van der Waals surface area contributed by atoms with Crippen LogP contribution in [0.25, 0.3) is 109 Å². The summed E-state index contributed by atoms with van der Waals surface area (Å²) in [5.74, 6) is 0. The summed E-state index contributed by atoms with van der Waals surface area (Å²) in [7, 11) is 205. The van der Waals surface area contributed by atoms with Gasteiger partial charge in [-0.3, -0.25) is 0 Å². The summed E-state index contributed by atoms with van der Waals surface area (Å²) in [6.07, 6.45) is 0. The van der Waals surface area contributed by atoms with E-state index in [4.69, 9.17) is 235 Å². The van der Waals surface area contributed by atoms with Crippen LogP contribution in [0.4, 0.5) is 0 Å². The van der Waals surface area contributed by atoms with Gasteiger partial charge in [-0.15, -0.1) is 21.9 Å². The van der Waals surface area contributed by atoms with Crippen LogP contribution in [-0.4, -0.2) is 235 Å². The maximum absolute atomic E-state index is 7.24. The van der Waals surface area contributed by atoms with E-state index in [1.807, 2.05) is 0 Å². The normalized spacial score (nSPS) is 12.0. The molecular formula is C50B30. The zero-order chi connectivity index (χ0) is 58.9. The van der Waals surface area contributed by atoms with Crippen molar-refractivity contribution in [2.24, 2.45) is 0 Å². The molecule has 11 aromatic carbocycles. The van der Waals surface area contributed by atoms with Gasteiger partial charge in [0, 0.05) is 0 Å². The molecule has 0 fully saturated rings. The third-order valence-corrected chi connectivity index (χ3v) is 16.2. The lowest BCUT2D eigenvalue weighted by Crippen LogP contribution is -2.53. The first kappa shape index (κ1) is 57.3. The van der Waals surface area contributed by atoms with Crippen LogP contribution in [0.2, 0.25) is 0 Å². The van der Waals surface area contributed by atoms with Gasteiger partial charge >= 0.3 is 0 Å². The van der Waals surface area contributed by atoms with Gasteiger partial charge < -0.3 is 0 Å². The number of hydrogen-bond donors (Lipinski definition) is 0. The minimum absolute atomic E-state index is 0.00328. The molecule has 0 aromatic heterocycles. The average Bonchev–Trinajstić information content (AvgIpc) is 2.83. The average molecular weight is 925 g/mol. The fourth-order valence-electron chi connectivity index (χ4n) is 12.1. The minimum atomic E-state index is -0.291. The maximum Gasteiger partial charge on any atom is 0.115 e. The van der Waals surface area contributed by atoms with E-state index in [2.05, 4.69) is 0 Å². The van der Waals surface area contributed by atoms with E-state index in [1.54, 1.807) is 0 Å². The molecule has 290 valence electrons. The number of rotatable bonds is 4. The molecule has 0 saturated heterocycles. The highest BCUT2D eigenvalue weighted by molar-refractivity contribution is 6.79. The van der Waals surface area contributed by atoms with E-state index in [9.17, 15) is 0 Å². The highest BCUT2D eigenvalue weighted by Gasteiger charge is 2.31. The van der Waals surface area contributed by atoms with Crippen molar-refractivity contribution in [2.45, 2.75) is 0 Å². The van der Waals surface area contributed by atoms with E-state index < -0.39 is 0 Å². The van der Waals surface area contributed by atoms with Crippen molar-refractivity contribution in [1.29, 1.82) is 0 Å². The van der Waals surface area contributed by atoms with E-state index >= 15 is 0 Å². The second kappa shape index (κ2) is 19.0. The standard InChI is InChI=1S/C50B30/c51-21-15(7-5-1-3-11(29(59)23(5)53)39(69)47(77)41(71)13(3)33(63)31(61)9(1)27(57)25(7)55)43(73)49(79)45(75)17(21)19-35(65)37(67)20(38(68)36(19)66)18-22(52)16(44(74)50(80)46(18)76)8-6-2-4-12(30(60)24(6)54)40(70)48(78)42(72)14(4)34(64)32(62)10(2)28(58)26(8)56. The first-order valence-corrected chi connectivity index (χ1v) is 23.7. The summed E-state index contributed by atoms with van der Waals surface area (Å²) in [5.41, 5.74) is -4.41. The monoisotopic (exact) mass is 930 g/mol. The molecule has 0 N–H and O–H groups in total. The Morgan fingerprint density at radius 2 is 0.188 bits per heavy atom. The van der Waals surface area contributed by atoms with Crippen molar-refractivity contribution >= 4 is 464 Å². The molecule has 0 bridgehead atoms. The van der Waals surface area contributed by atoms with Crippen LogP contribution in [0.3, 0.4) is 0 Å². The summed E-state index contributed by atoms with van der Waals surface area (Å²) >= 11 is 0. The van der Waals surface area contributed by atoms with Crippen LogP contribution >= 0.6 is 0 Å². The lowest BCUT2D eigenvalue weighted by atomic mass is 9.54. The Morgan fingerprint density at radius 3 is 0.412 bits per heavy atom. The van der Waals surface area contributed by atoms with Gasteiger partial charge in [-0.1, -0.05) is 142 Å². The quantitative estimate of drug-likeness (QED) is 0.122. The number of benzene rings is 11. The first-order chi connectivity index (χ1) is 37.3. The molecule has 0 nitrogen and oxygen atoms in total. The fourth-order valence-corrected chi connectivity index (χ4v) is 12.1. The molecule has 0 spiro atoms. The zero-order valence-electron chi connectivity index (χ0n) is 42.3. The Morgan fingerprint density at radius 1 is 0.0750 bits per heavy atom. The van der Waals surface area contributed by atoms with Crippen LogP contribution in [0.5, 0.6) is 0 Å². The Bertz CT molecular complexity index is 4430. The van der Waals surface area contributed by atoms with Gasteiger partial charge in [0.05, 0.1) is 0 Å². The summed E-state index contributed by atoms with van der Waals surface area (Å²) < 4.78 is 0. The lowest BCUT2D eigenvalue weighted by Gasteiger charge is -2.34. The lowest BCUT2D eigenvalue weighted by molar-refractivity contribution is 1.80. The predicted octanol–water partition coefficient (Wildman–Crippen LogP) is -22.0. The van der Waals surface area contributed by atoms with Crippen molar-refractivity contribution in [3.8, 4) is 44.5 Å². The Balaban J connectivity index is 1.22. The van der Waals surface area contributed by atoms with Crippen LogP contribution < -0.4 is 164 Å². The van der Waals surface area contributed by atoms with Crippen molar-refractivity contribution in [2.75, 3.05) is 0 Å². The highest BCUT2D eigenvalue weighted by atomic mass is 14.3. The second-order valence-electron chi connectivity index (χ2n) is 19.9. The SMILES string of the molecule is [B]c1c([B])c(-c2c([B])c([B])c(-c3c([B])c([B])c([B])c(-c4c([B])c([B])c5c([B])c([B])c6c([B])c([B])c([B])c7c([B])c([B])c4c5c67)c3[B])c([B])c2[B])c([B])c(-c2c([B])c([B])c3c([B])c([B])c4c([B])c([B])c([B])c5c([B])c([B])c2c3c45)c1[B]. The van der Waals surface area contributed by atoms with Gasteiger partial charge in [0.1, 0.15) is 235 Å². The Labute approximate surface area is 504 Å². The van der Waals surface area contributed by atoms with Crippen molar-refractivity contribution in [3.05, 3.63) is 0 Å². The zero-order valence-corrected chi connectivity index (χ0v) is 42.3. The van der Waals surface area contributed by atoms with Crippen LogP contribution in [-0.2, 0) is 0 Å². The third-order valence-electron chi connectivity index (χ3n) is 16.2. The highest BCUT2D eigenvalue weighted by Crippen LogP contribution is 2.35. The molecular weight excluding hydrogens is 925 g/mol. The van der Waals surface area contributed by atoms with Crippen LogP contribution in [0, 0.1) is 0 Å². The Hall–Kier alpha value is -4.55. The van der Waals surface area contributed by atoms with E-state index in [0.717, 1.165) is 0 Å². The number of hydrogen-bond acceptors (Lipinski definition) is 0. The third kappa shape index (κ3) is 6.95. The topological polar surface area (TPSA) is 0 Å². The van der Waals surface area contributed by atoms with E-state index in [0.29, 0.717) is 10.8 Å².